The fourth-order valence-corrected chi connectivity index (χ4v) is 0.861. The minimum atomic E-state index is -1.55. The van der Waals surface area contributed by atoms with Crippen LogP contribution < -0.4 is 11.2 Å². The smallest absolute Gasteiger partial charge is 0.423 e. The monoisotopic (exact) mass is 165 g/mol. The summed E-state index contributed by atoms with van der Waals surface area (Å²) in [5.41, 5.74) is 6.28. The molecule has 0 saturated carbocycles. The Bertz CT molecular complexity index is 301. The third-order valence-corrected chi connectivity index (χ3v) is 1.54. The molecule has 0 atom stereocenters. The van der Waals surface area contributed by atoms with E-state index in [0.29, 0.717) is 11.8 Å². The van der Waals surface area contributed by atoms with Crippen molar-refractivity contribution in [1.82, 2.24) is 0 Å². The second-order valence-electron chi connectivity index (χ2n) is 2.38. The van der Waals surface area contributed by atoms with Crippen molar-refractivity contribution in [3.8, 4) is 0 Å². The van der Waals surface area contributed by atoms with Crippen LogP contribution in [0.2, 0.25) is 0 Å². The van der Waals surface area contributed by atoms with Gasteiger partial charge in [-0.3, -0.25) is 4.79 Å². The average Bonchev–Trinajstić information content (AvgIpc) is 2.04. The van der Waals surface area contributed by atoms with E-state index in [1.165, 1.54) is 18.2 Å². The standard InChI is InChI=1S/C7H8BNO3/c9-7-3-6(8(11)12)2-1-5(7)4-10/h1-4,11-12H,9H2. The first-order valence-electron chi connectivity index (χ1n) is 3.36. The van der Waals surface area contributed by atoms with E-state index < -0.39 is 7.12 Å². The summed E-state index contributed by atoms with van der Waals surface area (Å²) in [5, 5.41) is 17.4. The summed E-state index contributed by atoms with van der Waals surface area (Å²) in [4.78, 5) is 10.3. The van der Waals surface area contributed by atoms with Gasteiger partial charge in [0.25, 0.3) is 0 Å². The molecule has 0 heterocycles. The summed E-state index contributed by atoms with van der Waals surface area (Å²) in [7, 11) is -1.55. The van der Waals surface area contributed by atoms with Crippen molar-refractivity contribution in [2.45, 2.75) is 0 Å². The van der Waals surface area contributed by atoms with Gasteiger partial charge >= 0.3 is 7.12 Å². The quantitative estimate of drug-likeness (QED) is 0.290. The second-order valence-corrected chi connectivity index (χ2v) is 2.38. The van der Waals surface area contributed by atoms with E-state index >= 15 is 0 Å². The van der Waals surface area contributed by atoms with Gasteiger partial charge in [0.15, 0.2) is 6.29 Å². The molecule has 0 amide bonds. The maximum absolute atomic E-state index is 10.3. The maximum Gasteiger partial charge on any atom is 0.488 e. The minimum absolute atomic E-state index is 0.246. The Morgan fingerprint density at radius 1 is 1.42 bits per heavy atom. The van der Waals surface area contributed by atoms with Gasteiger partial charge in [-0.15, -0.1) is 0 Å². The Morgan fingerprint density at radius 3 is 2.50 bits per heavy atom. The normalized spacial score (nSPS) is 9.50. The highest BCUT2D eigenvalue weighted by atomic mass is 16.4. The van der Waals surface area contributed by atoms with Gasteiger partial charge in [0.2, 0.25) is 0 Å². The number of carbonyl (C=O) groups is 1. The molecule has 0 aliphatic carbocycles. The molecule has 5 heteroatoms. The van der Waals surface area contributed by atoms with Crippen LogP contribution in [0.3, 0.4) is 0 Å². The Labute approximate surface area is 69.8 Å². The lowest BCUT2D eigenvalue weighted by molar-refractivity contribution is 0.112. The third-order valence-electron chi connectivity index (χ3n) is 1.54. The van der Waals surface area contributed by atoms with Crippen LogP contribution in [-0.2, 0) is 0 Å². The predicted molar refractivity (Wildman–Crippen MR) is 46.1 cm³/mol. The lowest BCUT2D eigenvalue weighted by Gasteiger charge is -2.02. The van der Waals surface area contributed by atoms with Crippen molar-refractivity contribution >= 4 is 24.6 Å². The number of rotatable bonds is 2. The van der Waals surface area contributed by atoms with Gasteiger partial charge < -0.3 is 15.8 Å². The zero-order valence-corrected chi connectivity index (χ0v) is 6.27. The maximum atomic E-state index is 10.3. The van der Waals surface area contributed by atoms with Crippen LogP contribution in [0.1, 0.15) is 10.4 Å². The first-order chi connectivity index (χ1) is 5.65. The lowest BCUT2D eigenvalue weighted by atomic mass is 9.80. The molecule has 0 unspecified atom stereocenters. The van der Waals surface area contributed by atoms with Crippen LogP contribution in [0.5, 0.6) is 0 Å². The van der Waals surface area contributed by atoms with Crippen LogP contribution in [-0.4, -0.2) is 23.5 Å². The molecule has 0 aliphatic heterocycles. The number of benzene rings is 1. The molecule has 4 nitrogen and oxygen atoms in total. The van der Waals surface area contributed by atoms with Gasteiger partial charge in [0.1, 0.15) is 0 Å². The zero-order valence-electron chi connectivity index (χ0n) is 6.27. The topological polar surface area (TPSA) is 83.6 Å². The van der Waals surface area contributed by atoms with E-state index in [-0.39, 0.29) is 11.2 Å². The highest BCUT2D eigenvalue weighted by Crippen LogP contribution is 2.05. The molecule has 4 N–H and O–H groups in total. The molecule has 0 radical (unpaired) electrons. The molecule has 12 heavy (non-hydrogen) atoms. The molecular weight excluding hydrogens is 157 g/mol. The van der Waals surface area contributed by atoms with Gasteiger partial charge in [-0.1, -0.05) is 6.07 Å². The largest absolute Gasteiger partial charge is 0.488 e. The minimum Gasteiger partial charge on any atom is -0.423 e. The van der Waals surface area contributed by atoms with Crippen molar-refractivity contribution < 1.29 is 14.8 Å². The molecule has 62 valence electrons. The van der Waals surface area contributed by atoms with Crippen molar-refractivity contribution in [1.29, 1.82) is 0 Å². The van der Waals surface area contributed by atoms with Crippen molar-refractivity contribution in [2.24, 2.45) is 0 Å². The molecular formula is C7H8BNO3. The van der Waals surface area contributed by atoms with Crippen LogP contribution in [0.25, 0.3) is 0 Å². The number of anilines is 1. The Morgan fingerprint density at radius 2 is 2.08 bits per heavy atom. The Kier molecular flexibility index (Phi) is 2.47. The summed E-state index contributed by atoms with van der Waals surface area (Å²) >= 11 is 0. The first kappa shape index (κ1) is 8.77. The molecule has 1 aromatic rings. The van der Waals surface area contributed by atoms with E-state index in [2.05, 4.69) is 0 Å². The van der Waals surface area contributed by atoms with Crippen LogP contribution in [0, 0.1) is 0 Å². The van der Waals surface area contributed by atoms with Crippen molar-refractivity contribution in [3.05, 3.63) is 23.8 Å². The molecule has 0 saturated heterocycles. The lowest BCUT2D eigenvalue weighted by Crippen LogP contribution is -2.30. The number of hydrogen-bond acceptors (Lipinski definition) is 4. The number of nitrogens with two attached hydrogens (primary N) is 1. The summed E-state index contributed by atoms with van der Waals surface area (Å²) < 4.78 is 0. The zero-order chi connectivity index (χ0) is 9.14. The molecule has 0 bridgehead atoms. The van der Waals surface area contributed by atoms with Gasteiger partial charge in [0.05, 0.1) is 0 Å². The van der Waals surface area contributed by atoms with Gasteiger partial charge in [-0.05, 0) is 17.6 Å². The van der Waals surface area contributed by atoms with Crippen LogP contribution in [0.4, 0.5) is 5.69 Å². The molecule has 0 spiro atoms. The number of aldehydes is 1. The van der Waals surface area contributed by atoms with Gasteiger partial charge in [-0.25, -0.2) is 0 Å². The Balaban J connectivity index is 3.10. The SMILES string of the molecule is Nc1cc(B(O)O)ccc1C=O. The van der Waals surface area contributed by atoms with Gasteiger partial charge in [-0.2, -0.15) is 0 Å². The molecule has 0 fully saturated rings. The summed E-state index contributed by atoms with van der Waals surface area (Å²) in [6, 6.07) is 4.23. The molecule has 0 aliphatic rings. The van der Waals surface area contributed by atoms with Crippen LogP contribution >= 0.6 is 0 Å². The van der Waals surface area contributed by atoms with Crippen molar-refractivity contribution in [2.75, 3.05) is 5.73 Å². The first-order valence-corrected chi connectivity index (χ1v) is 3.36. The average molecular weight is 165 g/mol. The summed E-state index contributed by atoms with van der Waals surface area (Å²) in [6.45, 7) is 0. The second kappa shape index (κ2) is 3.38. The summed E-state index contributed by atoms with van der Waals surface area (Å²) in [6.07, 6.45) is 0.614. The predicted octanol–water partition coefficient (Wildman–Crippen LogP) is -1.24. The summed E-state index contributed by atoms with van der Waals surface area (Å²) in [5.74, 6) is 0. The number of carbonyl (C=O) groups excluding carboxylic acids is 1. The molecule has 1 rings (SSSR count). The molecule has 1 aromatic carbocycles. The van der Waals surface area contributed by atoms with Crippen LogP contribution in [0.15, 0.2) is 18.2 Å². The fourth-order valence-electron chi connectivity index (χ4n) is 0.861. The van der Waals surface area contributed by atoms with E-state index in [9.17, 15) is 4.79 Å². The number of hydrogen-bond donors (Lipinski definition) is 3. The van der Waals surface area contributed by atoms with E-state index in [1.54, 1.807) is 0 Å². The van der Waals surface area contributed by atoms with E-state index in [0.717, 1.165) is 0 Å². The molecule has 0 aromatic heterocycles. The fraction of sp³-hybridized carbons (Fsp3) is 0. The Hall–Kier alpha value is -1.33. The highest BCUT2D eigenvalue weighted by molar-refractivity contribution is 6.58. The van der Waals surface area contributed by atoms with Crippen molar-refractivity contribution in [3.63, 3.8) is 0 Å². The highest BCUT2D eigenvalue weighted by Gasteiger charge is 2.11. The van der Waals surface area contributed by atoms with E-state index in [4.69, 9.17) is 15.8 Å². The van der Waals surface area contributed by atoms with Gasteiger partial charge in [0, 0.05) is 11.3 Å². The number of nitrogen functional groups attached to an aromatic ring is 1. The van der Waals surface area contributed by atoms with E-state index in [1.807, 2.05) is 0 Å². The third kappa shape index (κ3) is 1.64.